The predicted octanol–water partition coefficient (Wildman–Crippen LogP) is 4.25. The Morgan fingerprint density at radius 1 is 1.11 bits per heavy atom. The zero-order valence-corrected chi connectivity index (χ0v) is 16.2. The lowest BCUT2D eigenvalue weighted by Gasteiger charge is -2.20. The smallest absolute Gasteiger partial charge is 0.408 e. The van der Waals surface area contributed by atoms with E-state index in [1.165, 1.54) is 0 Å². The van der Waals surface area contributed by atoms with Crippen LogP contribution in [0.1, 0.15) is 12.5 Å². The van der Waals surface area contributed by atoms with E-state index in [2.05, 4.69) is 29.4 Å². The van der Waals surface area contributed by atoms with Gasteiger partial charge in [-0.2, -0.15) is 0 Å². The van der Waals surface area contributed by atoms with Gasteiger partial charge in [-0.25, -0.2) is 4.79 Å². The molecule has 0 spiro atoms. The van der Waals surface area contributed by atoms with E-state index in [4.69, 9.17) is 4.74 Å². The van der Waals surface area contributed by atoms with Crippen LogP contribution in [0.15, 0.2) is 54.7 Å². The molecular formula is C22H25N3O2. The van der Waals surface area contributed by atoms with E-state index in [0.717, 1.165) is 27.6 Å². The molecule has 0 aliphatic carbocycles. The molecule has 3 rings (SSSR count). The summed E-state index contributed by atoms with van der Waals surface area (Å²) in [5, 5.41) is 4.62. The van der Waals surface area contributed by atoms with Crippen LogP contribution in [-0.4, -0.2) is 42.7 Å². The molecule has 0 fully saturated rings. The Kier molecular flexibility index (Phi) is 5.72. The number of nitrogens with zero attached hydrogens (tertiary/aromatic N) is 2. The van der Waals surface area contributed by atoms with Crippen molar-refractivity contribution in [3.05, 3.63) is 60.3 Å². The number of likely N-dealkylation sites (N-methyl/N-ethyl adjacent to an activating group) is 1. The number of nitrogens with one attached hydrogen (secondary N) is 1. The van der Waals surface area contributed by atoms with E-state index in [9.17, 15) is 4.79 Å². The number of aromatic nitrogens is 1. The number of carbonyl (C=O) groups is 1. The molecule has 0 aliphatic rings. The first kappa shape index (κ1) is 18.9. The SMILES string of the molecule is Cc1ccccc1-c1ncc(OC(=O)NCC(C)N(C)C)c2ccccc12. The average molecular weight is 363 g/mol. The largest absolute Gasteiger partial charge is 0.412 e. The van der Waals surface area contributed by atoms with Crippen LogP contribution in [0.5, 0.6) is 5.75 Å². The minimum atomic E-state index is -0.473. The minimum Gasteiger partial charge on any atom is -0.408 e. The van der Waals surface area contributed by atoms with Crippen LogP contribution in [0.25, 0.3) is 22.0 Å². The highest BCUT2D eigenvalue weighted by Gasteiger charge is 2.14. The number of fused-ring (bicyclic) bond motifs is 1. The number of ether oxygens (including phenoxy) is 1. The Hall–Kier alpha value is -2.92. The van der Waals surface area contributed by atoms with Crippen LogP contribution in [0.2, 0.25) is 0 Å². The molecule has 1 amide bonds. The van der Waals surface area contributed by atoms with Gasteiger partial charge in [-0.15, -0.1) is 0 Å². The van der Waals surface area contributed by atoms with Crippen LogP contribution < -0.4 is 10.1 Å². The summed E-state index contributed by atoms with van der Waals surface area (Å²) in [4.78, 5) is 18.8. The number of aryl methyl sites for hydroxylation is 1. The van der Waals surface area contributed by atoms with Crippen LogP contribution in [-0.2, 0) is 0 Å². The van der Waals surface area contributed by atoms with Gasteiger partial charge in [0.25, 0.3) is 0 Å². The third-order valence-electron chi connectivity index (χ3n) is 4.78. The number of pyridine rings is 1. The van der Waals surface area contributed by atoms with Gasteiger partial charge in [0.2, 0.25) is 0 Å². The first-order valence-electron chi connectivity index (χ1n) is 9.03. The normalized spacial score (nSPS) is 12.2. The fraction of sp³-hybridized carbons (Fsp3) is 0.273. The van der Waals surface area contributed by atoms with Crippen molar-refractivity contribution < 1.29 is 9.53 Å². The summed E-state index contributed by atoms with van der Waals surface area (Å²) in [7, 11) is 3.94. The molecule has 1 atom stereocenters. The van der Waals surface area contributed by atoms with Gasteiger partial charge in [-0.1, -0.05) is 48.5 Å². The van der Waals surface area contributed by atoms with Crippen molar-refractivity contribution >= 4 is 16.9 Å². The maximum atomic E-state index is 12.2. The third-order valence-corrected chi connectivity index (χ3v) is 4.78. The van der Waals surface area contributed by atoms with Crippen molar-refractivity contribution in [3.63, 3.8) is 0 Å². The molecule has 1 heterocycles. The second-order valence-electron chi connectivity index (χ2n) is 6.91. The summed E-state index contributed by atoms with van der Waals surface area (Å²) in [6.07, 6.45) is 1.15. The van der Waals surface area contributed by atoms with Gasteiger partial charge < -0.3 is 15.0 Å². The summed E-state index contributed by atoms with van der Waals surface area (Å²) in [6.45, 7) is 4.61. The predicted molar refractivity (Wildman–Crippen MR) is 109 cm³/mol. The topological polar surface area (TPSA) is 54.5 Å². The number of rotatable bonds is 5. The maximum Gasteiger partial charge on any atom is 0.412 e. The number of amides is 1. The molecule has 0 radical (unpaired) electrons. The van der Waals surface area contributed by atoms with Crippen molar-refractivity contribution in [3.8, 4) is 17.0 Å². The molecule has 0 bridgehead atoms. The lowest BCUT2D eigenvalue weighted by atomic mass is 10.00. The molecular weight excluding hydrogens is 338 g/mol. The summed E-state index contributed by atoms with van der Waals surface area (Å²) in [5.74, 6) is 0.456. The Bertz CT molecular complexity index is 953. The third kappa shape index (κ3) is 4.26. The van der Waals surface area contributed by atoms with Crippen molar-refractivity contribution in [2.75, 3.05) is 20.6 Å². The van der Waals surface area contributed by atoms with Crippen molar-refractivity contribution in [1.29, 1.82) is 0 Å². The minimum absolute atomic E-state index is 0.218. The highest BCUT2D eigenvalue weighted by atomic mass is 16.6. The fourth-order valence-electron chi connectivity index (χ4n) is 2.85. The number of hydrogen-bond donors (Lipinski definition) is 1. The van der Waals surface area contributed by atoms with E-state index in [1.54, 1.807) is 6.20 Å². The molecule has 1 aromatic heterocycles. The van der Waals surface area contributed by atoms with E-state index < -0.39 is 6.09 Å². The molecule has 2 aromatic carbocycles. The molecule has 0 saturated carbocycles. The van der Waals surface area contributed by atoms with E-state index >= 15 is 0 Å². The van der Waals surface area contributed by atoms with Crippen molar-refractivity contribution in [1.82, 2.24) is 15.2 Å². The van der Waals surface area contributed by atoms with Gasteiger partial charge in [0.1, 0.15) is 0 Å². The van der Waals surface area contributed by atoms with Gasteiger partial charge in [-0.05, 0) is 33.5 Å². The molecule has 1 N–H and O–H groups in total. The zero-order chi connectivity index (χ0) is 19.4. The van der Waals surface area contributed by atoms with Crippen LogP contribution in [0, 0.1) is 6.92 Å². The summed E-state index contributed by atoms with van der Waals surface area (Å²) in [5.41, 5.74) is 3.11. The lowest BCUT2D eigenvalue weighted by Crippen LogP contribution is -2.39. The Morgan fingerprint density at radius 2 is 1.78 bits per heavy atom. The molecule has 0 saturated heterocycles. The number of hydrogen-bond acceptors (Lipinski definition) is 4. The molecule has 3 aromatic rings. The monoisotopic (exact) mass is 363 g/mol. The summed E-state index contributed by atoms with van der Waals surface area (Å²) in [6, 6.07) is 16.2. The van der Waals surface area contributed by atoms with Gasteiger partial charge in [-0.3, -0.25) is 4.98 Å². The van der Waals surface area contributed by atoms with Crippen LogP contribution >= 0.6 is 0 Å². The van der Waals surface area contributed by atoms with E-state index in [1.807, 2.05) is 62.3 Å². The second-order valence-corrected chi connectivity index (χ2v) is 6.91. The molecule has 5 heteroatoms. The Morgan fingerprint density at radius 3 is 2.48 bits per heavy atom. The van der Waals surface area contributed by atoms with Crippen LogP contribution in [0.4, 0.5) is 4.79 Å². The molecule has 27 heavy (non-hydrogen) atoms. The number of benzene rings is 2. The number of carbonyl (C=O) groups excluding carboxylic acids is 1. The quantitative estimate of drug-likeness (QED) is 0.736. The zero-order valence-electron chi connectivity index (χ0n) is 16.2. The first-order valence-corrected chi connectivity index (χ1v) is 9.03. The standard InChI is InChI=1S/C22H25N3O2/c1-15-9-5-6-10-17(15)21-19-12-8-7-11-18(19)20(14-23-21)27-22(26)24-13-16(2)25(3)4/h5-12,14,16H,13H2,1-4H3,(H,24,26). The van der Waals surface area contributed by atoms with E-state index in [-0.39, 0.29) is 6.04 Å². The second kappa shape index (κ2) is 8.18. The van der Waals surface area contributed by atoms with Gasteiger partial charge in [0.15, 0.2) is 5.75 Å². The maximum absolute atomic E-state index is 12.2. The fourth-order valence-corrected chi connectivity index (χ4v) is 2.85. The van der Waals surface area contributed by atoms with Crippen molar-refractivity contribution in [2.45, 2.75) is 19.9 Å². The highest BCUT2D eigenvalue weighted by Crippen LogP contribution is 2.33. The molecule has 5 nitrogen and oxygen atoms in total. The van der Waals surface area contributed by atoms with Gasteiger partial charge >= 0.3 is 6.09 Å². The highest BCUT2D eigenvalue weighted by molar-refractivity contribution is 5.99. The van der Waals surface area contributed by atoms with Gasteiger partial charge in [0.05, 0.1) is 11.9 Å². The van der Waals surface area contributed by atoms with Crippen LogP contribution in [0.3, 0.4) is 0 Å². The Labute approximate surface area is 160 Å². The average Bonchev–Trinajstić information content (AvgIpc) is 2.67. The lowest BCUT2D eigenvalue weighted by molar-refractivity contribution is 0.196. The van der Waals surface area contributed by atoms with Crippen molar-refractivity contribution in [2.24, 2.45) is 0 Å². The first-order chi connectivity index (χ1) is 13.0. The summed E-state index contributed by atoms with van der Waals surface area (Å²) < 4.78 is 5.55. The summed E-state index contributed by atoms with van der Waals surface area (Å²) >= 11 is 0. The molecule has 1 unspecified atom stereocenters. The molecule has 140 valence electrons. The Balaban J connectivity index is 1.89. The molecule has 0 aliphatic heterocycles. The van der Waals surface area contributed by atoms with Gasteiger partial charge in [0, 0.05) is 28.9 Å². The van der Waals surface area contributed by atoms with E-state index in [0.29, 0.717) is 12.3 Å².